The van der Waals surface area contributed by atoms with Crippen molar-refractivity contribution in [2.75, 3.05) is 13.9 Å². The number of benzene rings is 3. The highest BCUT2D eigenvalue weighted by Gasteiger charge is 2.43. The maximum atomic E-state index is 5.76. The minimum Gasteiger partial charge on any atom is -0.497 e. The Balaban J connectivity index is 1.37. The van der Waals surface area contributed by atoms with E-state index >= 15 is 0 Å². The maximum Gasteiger partial charge on any atom is 0.231 e. The van der Waals surface area contributed by atoms with E-state index in [0.29, 0.717) is 25.2 Å². The molecule has 2 unspecified atom stereocenters. The number of oxime groups is 1. The highest BCUT2D eigenvalue weighted by Crippen LogP contribution is 2.51. The van der Waals surface area contributed by atoms with Crippen molar-refractivity contribution >= 4 is 5.71 Å². The predicted octanol–water partition coefficient (Wildman–Crippen LogP) is 5.15. The molecule has 0 aromatic heterocycles. The molecule has 1 aliphatic heterocycles. The van der Waals surface area contributed by atoms with Crippen LogP contribution in [0.1, 0.15) is 29.0 Å². The van der Waals surface area contributed by atoms with Crippen LogP contribution >= 0.6 is 0 Å². The Labute approximate surface area is 175 Å². The van der Waals surface area contributed by atoms with Crippen molar-refractivity contribution in [2.24, 2.45) is 11.1 Å². The van der Waals surface area contributed by atoms with Gasteiger partial charge in [-0.2, -0.15) is 0 Å². The Morgan fingerprint density at radius 1 is 0.967 bits per heavy atom. The summed E-state index contributed by atoms with van der Waals surface area (Å²) in [4.78, 5) is 5.76. The summed E-state index contributed by atoms with van der Waals surface area (Å²) in [6.45, 7) is 0.737. The van der Waals surface area contributed by atoms with Gasteiger partial charge < -0.3 is 19.0 Å². The molecule has 0 N–H and O–H groups in total. The summed E-state index contributed by atoms with van der Waals surface area (Å²) in [6.07, 6.45) is 1.03. The number of fused-ring (bicyclic) bond motifs is 1. The third-order valence-electron chi connectivity index (χ3n) is 5.59. The van der Waals surface area contributed by atoms with Gasteiger partial charge in [-0.1, -0.05) is 41.6 Å². The third-order valence-corrected chi connectivity index (χ3v) is 5.59. The second-order valence-corrected chi connectivity index (χ2v) is 7.53. The number of rotatable bonds is 7. The third kappa shape index (κ3) is 3.83. The zero-order valence-electron chi connectivity index (χ0n) is 16.8. The second-order valence-electron chi connectivity index (χ2n) is 7.53. The Bertz CT molecular complexity index is 1050. The molecular weight excluding hydrogens is 378 g/mol. The number of methoxy groups -OCH3 is 1. The first-order chi connectivity index (χ1) is 14.8. The first kappa shape index (κ1) is 18.6. The average molecular weight is 401 g/mol. The van der Waals surface area contributed by atoms with Crippen molar-refractivity contribution in [1.29, 1.82) is 0 Å². The minimum absolute atomic E-state index is 0.290. The Morgan fingerprint density at radius 3 is 2.57 bits per heavy atom. The van der Waals surface area contributed by atoms with Gasteiger partial charge in [0.1, 0.15) is 12.4 Å². The van der Waals surface area contributed by atoms with Crippen molar-refractivity contribution in [3.05, 3.63) is 89.5 Å². The molecule has 0 saturated heterocycles. The van der Waals surface area contributed by atoms with Crippen molar-refractivity contribution in [3.63, 3.8) is 0 Å². The standard InChI is InChI=1S/C25H23NO4/c1-27-20-10-7-18(8-11-20)25(26-30-15-17-5-3-2-4-6-17)22-14-21(22)19-9-12-23-24(13-19)29-16-28-23/h2-13,21-22H,14-16H2,1H3/b26-25+. The fourth-order valence-electron chi connectivity index (χ4n) is 3.86. The molecule has 2 aliphatic rings. The van der Waals surface area contributed by atoms with E-state index in [1.54, 1.807) is 7.11 Å². The van der Waals surface area contributed by atoms with E-state index in [4.69, 9.17) is 19.0 Å². The highest BCUT2D eigenvalue weighted by molar-refractivity contribution is 6.04. The number of hydrogen-bond acceptors (Lipinski definition) is 5. The molecule has 152 valence electrons. The van der Waals surface area contributed by atoms with Crippen LogP contribution in [0.15, 0.2) is 78.0 Å². The van der Waals surface area contributed by atoms with Gasteiger partial charge in [-0.25, -0.2) is 0 Å². The lowest BCUT2D eigenvalue weighted by Crippen LogP contribution is -2.07. The number of nitrogens with zero attached hydrogens (tertiary/aromatic N) is 1. The van der Waals surface area contributed by atoms with Crippen LogP contribution in [0.5, 0.6) is 17.2 Å². The fraction of sp³-hybridized carbons (Fsp3) is 0.240. The molecule has 2 atom stereocenters. The van der Waals surface area contributed by atoms with E-state index in [9.17, 15) is 0 Å². The lowest BCUT2D eigenvalue weighted by molar-refractivity contribution is 0.130. The van der Waals surface area contributed by atoms with Crippen LogP contribution in [-0.2, 0) is 11.4 Å². The van der Waals surface area contributed by atoms with E-state index in [2.05, 4.69) is 17.3 Å². The average Bonchev–Trinajstić information content (AvgIpc) is 3.45. The summed E-state index contributed by atoms with van der Waals surface area (Å²) < 4.78 is 16.3. The van der Waals surface area contributed by atoms with Crippen LogP contribution in [0, 0.1) is 5.92 Å². The van der Waals surface area contributed by atoms with Crippen molar-refractivity contribution in [2.45, 2.75) is 18.9 Å². The van der Waals surface area contributed by atoms with Crippen LogP contribution in [0.4, 0.5) is 0 Å². The molecule has 5 rings (SSSR count). The minimum atomic E-state index is 0.290. The van der Waals surface area contributed by atoms with E-state index in [1.165, 1.54) is 5.56 Å². The van der Waals surface area contributed by atoms with Crippen LogP contribution in [0.2, 0.25) is 0 Å². The molecule has 5 nitrogen and oxygen atoms in total. The van der Waals surface area contributed by atoms with Crippen LogP contribution < -0.4 is 14.2 Å². The van der Waals surface area contributed by atoms with Gasteiger partial charge in [0.2, 0.25) is 6.79 Å². The Hall–Kier alpha value is -3.47. The topological polar surface area (TPSA) is 49.3 Å². The molecule has 1 saturated carbocycles. The highest BCUT2D eigenvalue weighted by atomic mass is 16.7. The molecular formula is C25H23NO4. The summed E-state index contributed by atoms with van der Waals surface area (Å²) >= 11 is 0. The molecule has 3 aromatic carbocycles. The van der Waals surface area contributed by atoms with Crippen molar-refractivity contribution in [3.8, 4) is 17.2 Å². The monoisotopic (exact) mass is 401 g/mol. The van der Waals surface area contributed by atoms with Gasteiger partial charge in [0.15, 0.2) is 11.5 Å². The predicted molar refractivity (Wildman–Crippen MR) is 114 cm³/mol. The van der Waals surface area contributed by atoms with Gasteiger partial charge in [0, 0.05) is 5.92 Å². The molecule has 0 radical (unpaired) electrons. The summed E-state index contributed by atoms with van der Waals surface area (Å²) in [6, 6.07) is 24.3. The van der Waals surface area contributed by atoms with E-state index < -0.39 is 0 Å². The molecule has 0 bridgehead atoms. The first-order valence-electron chi connectivity index (χ1n) is 10.1. The van der Waals surface area contributed by atoms with Gasteiger partial charge in [0.05, 0.1) is 12.8 Å². The van der Waals surface area contributed by atoms with Gasteiger partial charge >= 0.3 is 0 Å². The van der Waals surface area contributed by atoms with Gasteiger partial charge in [-0.3, -0.25) is 0 Å². The zero-order chi connectivity index (χ0) is 20.3. The van der Waals surface area contributed by atoms with Crippen molar-refractivity contribution in [1.82, 2.24) is 0 Å². The fourth-order valence-corrected chi connectivity index (χ4v) is 3.86. The molecule has 1 heterocycles. The van der Waals surface area contributed by atoms with Crippen molar-refractivity contribution < 1.29 is 19.0 Å². The molecule has 5 heteroatoms. The van der Waals surface area contributed by atoms with E-state index in [1.807, 2.05) is 60.7 Å². The lowest BCUT2D eigenvalue weighted by Gasteiger charge is -2.09. The Kier molecular flexibility index (Phi) is 5.01. The summed E-state index contributed by atoms with van der Waals surface area (Å²) in [5, 5.41) is 4.57. The summed E-state index contributed by atoms with van der Waals surface area (Å²) in [5.74, 6) is 3.15. The zero-order valence-corrected chi connectivity index (χ0v) is 16.8. The maximum absolute atomic E-state index is 5.76. The number of hydrogen-bond donors (Lipinski definition) is 0. The summed E-state index contributed by atoms with van der Waals surface area (Å²) in [5.41, 5.74) is 4.36. The van der Waals surface area contributed by atoms with E-state index in [0.717, 1.165) is 40.5 Å². The molecule has 1 fully saturated rings. The lowest BCUT2D eigenvalue weighted by atomic mass is 10.0. The second kappa shape index (κ2) is 8.11. The van der Waals surface area contributed by atoms with Crippen LogP contribution in [-0.4, -0.2) is 19.6 Å². The van der Waals surface area contributed by atoms with Crippen LogP contribution in [0.3, 0.4) is 0 Å². The molecule has 1 aliphatic carbocycles. The summed E-state index contributed by atoms with van der Waals surface area (Å²) in [7, 11) is 1.67. The SMILES string of the molecule is COc1ccc(/C(=N\OCc2ccccc2)C2CC2c2ccc3c(c2)OCO3)cc1. The smallest absolute Gasteiger partial charge is 0.231 e. The molecule has 0 amide bonds. The van der Waals surface area contributed by atoms with Gasteiger partial charge in [-0.05, 0) is 65.4 Å². The van der Waals surface area contributed by atoms with E-state index in [-0.39, 0.29) is 0 Å². The van der Waals surface area contributed by atoms with Gasteiger partial charge in [-0.15, -0.1) is 0 Å². The molecule has 3 aromatic rings. The Morgan fingerprint density at radius 2 is 1.77 bits per heavy atom. The molecule has 0 spiro atoms. The van der Waals surface area contributed by atoms with Crippen LogP contribution in [0.25, 0.3) is 0 Å². The first-order valence-corrected chi connectivity index (χ1v) is 10.1. The van der Waals surface area contributed by atoms with Gasteiger partial charge in [0.25, 0.3) is 0 Å². The largest absolute Gasteiger partial charge is 0.497 e. The molecule has 30 heavy (non-hydrogen) atoms. The normalized spacial score (nSPS) is 19.4. The quantitative estimate of drug-likeness (QED) is 0.406. The number of ether oxygens (including phenoxy) is 3.